The molecule has 1 aromatic heterocycles. The second kappa shape index (κ2) is 11.7. The van der Waals surface area contributed by atoms with Gasteiger partial charge in [-0.2, -0.15) is 0 Å². The maximum Gasteiger partial charge on any atom is 0.307 e. The van der Waals surface area contributed by atoms with Crippen molar-refractivity contribution in [2.24, 2.45) is 0 Å². The van der Waals surface area contributed by atoms with E-state index in [1.807, 2.05) is 36.6 Å². The molecule has 0 saturated carbocycles. The molecule has 0 saturated heterocycles. The van der Waals surface area contributed by atoms with Crippen molar-refractivity contribution in [3.8, 4) is 11.3 Å². The average Bonchev–Trinajstić information content (AvgIpc) is 3.35. The van der Waals surface area contributed by atoms with Crippen LogP contribution in [0.5, 0.6) is 0 Å². The van der Waals surface area contributed by atoms with Crippen molar-refractivity contribution in [1.82, 2.24) is 4.98 Å². The number of esters is 1. The monoisotopic (exact) mass is 518 g/mol. The Kier molecular flexibility index (Phi) is 8.25. The number of thiazole rings is 1. The van der Waals surface area contributed by atoms with Crippen LogP contribution in [0.15, 0.2) is 84.2 Å². The zero-order chi connectivity index (χ0) is 25.5. The predicted molar refractivity (Wildman–Crippen MR) is 141 cm³/mol. The number of carbonyl (C=O) groups excluding carboxylic acids is 3. The maximum atomic E-state index is 13.1. The Balaban J connectivity index is 1.36. The molecule has 1 heterocycles. The van der Waals surface area contributed by atoms with Gasteiger partial charge >= 0.3 is 5.97 Å². The molecule has 0 aliphatic rings. The molecule has 6 nitrogen and oxygen atoms in total. The van der Waals surface area contributed by atoms with Crippen LogP contribution >= 0.6 is 22.9 Å². The minimum Gasteiger partial charge on any atom is -0.449 e. The zero-order valence-corrected chi connectivity index (χ0v) is 21.0. The Hall–Kier alpha value is -3.81. The second-order valence-corrected chi connectivity index (χ2v) is 9.40. The van der Waals surface area contributed by atoms with Crippen molar-refractivity contribution in [3.63, 3.8) is 0 Å². The Morgan fingerprint density at radius 2 is 1.64 bits per heavy atom. The third kappa shape index (κ3) is 6.65. The van der Waals surface area contributed by atoms with Crippen molar-refractivity contribution in [1.29, 1.82) is 0 Å². The maximum absolute atomic E-state index is 13.1. The Labute approximate surface area is 217 Å². The number of Topliss-reactive ketones (excluding diaryl/α,β-unsaturated/α-hetero) is 1. The van der Waals surface area contributed by atoms with Gasteiger partial charge in [-0.15, -0.1) is 11.3 Å². The lowest BCUT2D eigenvalue weighted by Gasteiger charge is -2.17. The molecule has 4 rings (SSSR count). The van der Waals surface area contributed by atoms with Gasteiger partial charge in [-0.25, -0.2) is 4.98 Å². The summed E-state index contributed by atoms with van der Waals surface area (Å²) in [6, 6.07) is 23.1. The molecule has 3 aromatic carbocycles. The van der Waals surface area contributed by atoms with Crippen molar-refractivity contribution in [3.05, 3.63) is 106 Å². The molecule has 0 aliphatic carbocycles. The van der Waals surface area contributed by atoms with Crippen LogP contribution in [-0.4, -0.2) is 22.6 Å². The molecule has 0 spiro atoms. The quantitative estimate of drug-likeness (QED) is 0.198. The fraction of sp³-hybridized carbons (Fsp3) is 0.143. The summed E-state index contributed by atoms with van der Waals surface area (Å²) in [4.78, 5) is 42.6. The molecule has 36 heavy (non-hydrogen) atoms. The van der Waals surface area contributed by atoms with Gasteiger partial charge in [-0.1, -0.05) is 83.9 Å². The number of rotatable bonds is 9. The van der Waals surface area contributed by atoms with Crippen molar-refractivity contribution in [2.45, 2.75) is 25.9 Å². The number of nitrogens with zero attached hydrogens (tertiary/aromatic N) is 1. The van der Waals surface area contributed by atoms with Crippen LogP contribution in [0.1, 0.15) is 40.4 Å². The number of aryl methyl sites for hydroxylation is 1. The molecule has 0 bridgehead atoms. The van der Waals surface area contributed by atoms with E-state index in [-0.39, 0.29) is 24.5 Å². The van der Waals surface area contributed by atoms with Gasteiger partial charge < -0.3 is 10.1 Å². The summed E-state index contributed by atoms with van der Waals surface area (Å²) >= 11 is 7.28. The largest absolute Gasteiger partial charge is 0.449 e. The first-order valence-corrected chi connectivity index (χ1v) is 12.5. The van der Waals surface area contributed by atoms with Gasteiger partial charge in [0.25, 0.3) is 0 Å². The number of halogens is 1. The molecule has 1 N–H and O–H groups in total. The van der Waals surface area contributed by atoms with Crippen LogP contribution in [0, 0.1) is 6.92 Å². The normalized spacial score (nSPS) is 11.5. The number of anilines is 1. The Morgan fingerprint density at radius 1 is 0.944 bits per heavy atom. The first-order chi connectivity index (χ1) is 17.4. The van der Waals surface area contributed by atoms with Crippen LogP contribution in [0.2, 0.25) is 5.02 Å². The lowest BCUT2D eigenvalue weighted by Crippen LogP contribution is -2.21. The van der Waals surface area contributed by atoms with Crippen molar-refractivity contribution >= 4 is 45.7 Å². The molecule has 182 valence electrons. The number of hydrogen-bond acceptors (Lipinski definition) is 6. The van der Waals surface area contributed by atoms with Gasteiger partial charge in [0.1, 0.15) is 0 Å². The molecule has 0 unspecified atom stereocenters. The van der Waals surface area contributed by atoms with Gasteiger partial charge in [-0.3, -0.25) is 14.4 Å². The van der Waals surface area contributed by atoms with Crippen LogP contribution < -0.4 is 5.32 Å². The van der Waals surface area contributed by atoms with E-state index >= 15 is 0 Å². The van der Waals surface area contributed by atoms with Crippen LogP contribution in [0.3, 0.4) is 0 Å². The third-order valence-electron chi connectivity index (χ3n) is 5.37. The van der Waals surface area contributed by atoms with Crippen LogP contribution in [0.25, 0.3) is 11.3 Å². The van der Waals surface area contributed by atoms with E-state index in [0.717, 1.165) is 16.8 Å². The fourth-order valence-corrected chi connectivity index (χ4v) is 4.30. The van der Waals surface area contributed by atoms with Crippen molar-refractivity contribution < 1.29 is 19.1 Å². The predicted octanol–water partition coefficient (Wildman–Crippen LogP) is 6.66. The van der Waals surface area contributed by atoms with Crippen molar-refractivity contribution in [2.75, 3.05) is 5.32 Å². The summed E-state index contributed by atoms with van der Waals surface area (Å²) in [5.41, 5.74) is 3.78. The minimum atomic E-state index is -1.14. The number of hydrogen-bond donors (Lipinski definition) is 1. The van der Waals surface area contributed by atoms with Crippen LogP contribution in [0.4, 0.5) is 5.13 Å². The summed E-state index contributed by atoms with van der Waals surface area (Å²) < 4.78 is 5.54. The van der Waals surface area contributed by atoms with Gasteiger partial charge in [-0.05, 0) is 19.1 Å². The molecule has 1 atom stereocenters. The van der Waals surface area contributed by atoms with E-state index in [4.69, 9.17) is 16.3 Å². The SMILES string of the molecule is Cc1ccc(-c2csc(NC(=O)CCC(=O)O[C@@H](C(=O)c3ccccc3)c3ccc(Cl)cc3)n2)cc1. The summed E-state index contributed by atoms with van der Waals surface area (Å²) in [6.07, 6.45) is -1.43. The Morgan fingerprint density at radius 3 is 2.33 bits per heavy atom. The molecule has 0 aliphatic heterocycles. The number of benzene rings is 3. The number of amides is 1. The second-order valence-electron chi connectivity index (χ2n) is 8.10. The summed E-state index contributed by atoms with van der Waals surface area (Å²) in [5.74, 6) is -1.38. The fourth-order valence-electron chi connectivity index (χ4n) is 3.44. The summed E-state index contributed by atoms with van der Waals surface area (Å²) in [5, 5.41) is 5.53. The van der Waals surface area contributed by atoms with Gasteiger partial charge in [0.15, 0.2) is 11.2 Å². The number of ether oxygens (including phenoxy) is 1. The number of carbonyl (C=O) groups is 3. The Bertz CT molecular complexity index is 1350. The van der Waals surface area contributed by atoms with E-state index in [9.17, 15) is 14.4 Å². The van der Waals surface area contributed by atoms with Gasteiger partial charge in [0.05, 0.1) is 12.1 Å². The highest BCUT2D eigenvalue weighted by molar-refractivity contribution is 7.14. The van der Waals surface area contributed by atoms with E-state index < -0.39 is 12.1 Å². The highest BCUT2D eigenvalue weighted by atomic mass is 35.5. The third-order valence-corrected chi connectivity index (χ3v) is 6.38. The molecular weight excluding hydrogens is 496 g/mol. The topological polar surface area (TPSA) is 85.4 Å². The van der Waals surface area contributed by atoms with E-state index in [0.29, 0.717) is 21.3 Å². The first-order valence-electron chi connectivity index (χ1n) is 11.3. The van der Waals surface area contributed by atoms with Gasteiger partial charge in [0.2, 0.25) is 11.7 Å². The molecule has 8 heteroatoms. The first kappa shape index (κ1) is 25.3. The molecule has 1 amide bonds. The summed E-state index contributed by atoms with van der Waals surface area (Å²) in [7, 11) is 0. The van der Waals surface area contributed by atoms with E-state index in [2.05, 4.69) is 10.3 Å². The average molecular weight is 519 g/mol. The van der Waals surface area contributed by atoms with E-state index in [1.165, 1.54) is 11.3 Å². The standard InChI is InChI=1S/C28H23ClN2O4S/c1-18-7-9-19(10-8-18)23-17-36-28(30-23)31-24(32)15-16-25(33)35-27(21-11-13-22(29)14-12-21)26(34)20-5-3-2-4-6-20/h2-14,17,27H,15-16H2,1H3,(H,30,31,32)/t27-/m1/s1. The molecule has 0 fully saturated rings. The highest BCUT2D eigenvalue weighted by Crippen LogP contribution is 2.27. The highest BCUT2D eigenvalue weighted by Gasteiger charge is 2.26. The van der Waals surface area contributed by atoms with E-state index in [1.54, 1.807) is 54.6 Å². The number of aromatic nitrogens is 1. The molecule has 0 radical (unpaired) electrons. The smallest absolute Gasteiger partial charge is 0.307 e. The minimum absolute atomic E-state index is 0.106. The molecule has 4 aromatic rings. The summed E-state index contributed by atoms with van der Waals surface area (Å²) in [6.45, 7) is 2.01. The molecular formula is C28H23ClN2O4S. The zero-order valence-electron chi connectivity index (χ0n) is 19.4. The van der Waals surface area contributed by atoms with Gasteiger partial charge in [0, 0.05) is 33.5 Å². The number of nitrogens with one attached hydrogen (secondary N) is 1. The van der Waals surface area contributed by atoms with Crippen LogP contribution in [-0.2, 0) is 14.3 Å². The lowest BCUT2D eigenvalue weighted by molar-refractivity contribution is -0.148. The number of ketones is 1. The lowest BCUT2D eigenvalue weighted by atomic mass is 10.00.